The van der Waals surface area contributed by atoms with Gasteiger partial charge in [-0.1, -0.05) is 41.4 Å². The zero-order valence-electron chi connectivity index (χ0n) is 16.5. The fourth-order valence-corrected chi connectivity index (χ4v) is 4.38. The molecule has 0 heterocycles. The van der Waals surface area contributed by atoms with E-state index in [0.717, 1.165) is 15.9 Å². The van der Waals surface area contributed by atoms with Gasteiger partial charge in [0.15, 0.2) is 0 Å². The molecule has 0 aliphatic rings. The number of nitrogens with zero attached hydrogens (tertiary/aromatic N) is 1. The lowest BCUT2D eigenvalue weighted by molar-refractivity contribution is -0.116. The molecular weight excluding hydrogens is 446 g/mol. The van der Waals surface area contributed by atoms with Gasteiger partial charge < -0.3 is 5.32 Å². The van der Waals surface area contributed by atoms with E-state index >= 15 is 0 Å². The zero-order chi connectivity index (χ0) is 22.6. The molecule has 0 saturated heterocycles. The molecule has 1 N–H and O–H groups in total. The third kappa shape index (κ3) is 5.88. The Hall–Kier alpha value is -2.81. The van der Waals surface area contributed by atoms with Crippen molar-refractivity contribution >= 4 is 33.2 Å². The molecular formula is C22H19ClF2N2O3S. The van der Waals surface area contributed by atoms with Gasteiger partial charge in [0, 0.05) is 12.2 Å². The molecule has 5 nitrogen and oxygen atoms in total. The van der Waals surface area contributed by atoms with Crippen LogP contribution >= 0.6 is 11.6 Å². The molecule has 31 heavy (non-hydrogen) atoms. The third-order valence-corrected chi connectivity index (χ3v) is 6.55. The van der Waals surface area contributed by atoms with Crippen molar-refractivity contribution in [2.45, 2.75) is 18.4 Å². The number of sulfonamides is 1. The van der Waals surface area contributed by atoms with Gasteiger partial charge in [-0.15, -0.1) is 0 Å². The highest BCUT2D eigenvalue weighted by atomic mass is 35.5. The Bertz CT molecular complexity index is 1180. The van der Waals surface area contributed by atoms with Crippen LogP contribution < -0.4 is 5.32 Å². The van der Waals surface area contributed by atoms with Crippen molar-refractivity contribution in [1.82, 2.24) is 4.31 Å². The van der Waals surface area contributed by atoms with Gasteiger partial charge in [0.05, 0.1) is 16.5 Å². The van der Waals surface area contributed by atoms with E-state index in [1.807, 2.05) is 6.92 Å². The second-order valence-electron chi connectivity index (χ2n) is 6.89. The minimum Gasteiger partial charge on any atom is -0.325 e. The number of benzene rings is 3. The minimum atomic E-state index is -4.04. The summed E-state index contributed by atoms with van der Waals surface area (Å²) in [6.45, 7) is 1.17. The molecule has 0 aliphatic carbocycles. The molecule has 162 valence electrons. The summed E-state index contributed by atoms with van der Waals surface area (Å²) in [5.41, 5.74) is 1.62. The molecule has 3 aromatic carbocycles. The van der Waals surface area contributed by atoms with Crippen LogP contribution in [0, 0.1) is 18.6 Å². The summed E-state index contributed by atoms with van der Waals surface area (Å²) < 4.78 is 54.0. The van der Waals surface area contributed by atoms with Crippen molar-refractivity contribution < 1.29 is 22.0 Å². The maximum atomic E-state index is 13.3. The zero-order valence-corrected chi connectivity index (χ0v) is 18.1. The molecule has 0 aromatic heterocycles. The number of hydrogen-bond donors (Lipinski definition) is 1. The van der Waals surface area contributed by atoms with Crippen molar-refractivity contribution in [2.24, 2.45) is 0 Å². The van der Waals surface area contributed by atoms with Gasteiger partial charge in [-0.05, 0) is 55.0 Å². The molecule has 0 unspecified atom stereocenters. The molecule has 0 spiro atoms. The summed E-state index contributed by atoms with van der Waals surface area (Å²) in [7, 11) is -4.04. The number of anilines is 1. The van der Waals surface area contributed by atoms with Crippen LogP contribution in [0.15, 0.2) is 71.6 Å². The molecule has 3 rings (SSSR count). The Morgan fingerprint density at radius 1 is 1.00 bits per heavy atom. The number of nitrogens with one attached hydrogen (secondary N) is 1. The number of aryl methyl sites for hydroxylation is 1. The summed E-state index contributed by atoms with van der Waals surface area (Å²) in [6.07, 6.45) is 0. The largest absolute Gasteiger partial charge is 0.325 e. The van der Waals surface area contributed by atoms with E-state index in [0.29, 0.717) is 5.56 Å². The van der Waals surface area contributed by atoms with Gasteiger partial charge in [0.25, 0.3) is 0 Å². The number of carbonyl (C=O) groups is 1. The topological polar surface area (TPSA) is 66.5 Å². The number of hydrogen-bond acceptors (Lipinski definition) is 3. The van der Waals surface area contributed by atoms with E-state index in [1.165, 1.54) is 48.5 Å². The second kappa shape index (κ2) is 9.55. The van der Waals surface area contributed by atoms with E-state index < -0.39 is 34.1 Å². The maximum Gasteiger partial charge on any atom is 0.243 e. The third-order valence-electron chi connectivity index (χ3n) is 4.45. The van der Waals surface area contributed by atoms with E-state index in [1.54, 1.807) is 12.1 Å². The van der Waals surface area contributed by atoms with Crippen LogP contribution in [0.3, 0.4) is 0 Å². The van der Waals surface area contributed by atoms with E-state index in [4.69, 9.17) is 11.6 Å². The molecule has 0 atom stereocenters. The van der Waals surface area contributed by atoms with Crippen LogP contribution in [-0.4, -0.2) is 25.2 Å². The standard InChI is InChI=1S/C22H19ClF2N2O3S/c1-15-2-9-19(10-3-15)31(29,30)27(13-16-4-6-17(24)7-5-16)14-22(28)26-18-8-11-21(25)20(23)12-18/h2-12H,13-14H2,1H3,(H,26,28). The average Bonchev–Trinajstić information content (AvgIpc) is 2.72. The first kappa shape index (κ1) is 22.9. The van der Waals surface area contributed by atoms with E-state index in [2.05, 4.69) is 5.32 Å². The molecule has 3 aromatic rings. The first-order valence-corrected chi connectivity index (χ1v) is 11.0. The summed E-state index contributed by atoms with van der Waals surface area (Å²) in [5.74, 6) is -1.73. The summed E-state index contributed by atoms with van der Waals surface area (Å²) in [5, 5.41) is 2.34. The lowest BCUT2D eigenvalue weighted by Crippen LogP contribution is -2.37. The first-order valence-electron chi connectivity index (χ1n) is 9.21. The van der Waals surface area contributed by atoms with Gasteiger partial charge in [0.2, 0.25) is 15.9 Å². The summed E-state index contributed by atoms with van der Waals surface area (Å²) >= 11 is 5.73. The van der Waals surface area contributed by atoms with Crippen LogP contribution in [0.4, 0.5) is 14.5 Å². The Balaban J connectivity index is 1.87. The highest BCUT2D eigenvalue weighted by molar-refractivity contribution is 7.89. The number of amides is 1. The predicted molar refractivity (Wildman–Crippen MR) is 115 cm³/mol. The normalized spacial score (nSPS) is 11.5. The summed E-state index contributed by atoms with van der Waals surface area (Å²) in [4.78, 5) is 12.6. The van der Waals surface area contributed by atoms with Gasteiger partial charge in [-0.2, -0.15) is 4.31 Å². The Kier molecular flexibility index (Phi) is 7.04. The molecule has 1 amide bonds. The fraction of sp³-hybridized carbons (Fsp3) is 0.136. The minimum absolute atomic E-state index is 0.0258. The van der Waals surface area contributed by atoms with Crippen molar-refractivity contribution in [1.29, 1.82) is 0 Å². The number of carbonyl (C=O) groups excluding carboxylic acids is 1. The monoisotopic (exact) mass is 464 g/mol. The molecule has 0 fully saturated rings. The predicted octanol–water partition coefficient (Wildman–Crippen LogP) is 4.76. The van der Waals surface area contributed by atoms with Crippen molar-refractivity contribution in [2.75, 3.05) is 11.9 Å². The lowest BCUT2D eigenvalue weighted by atomic mass is 10.2. The van der Waals surface area contributed by atoms with Gasteiger partial charge in [-0.3, -0.25) is 4.79 Å². The van der Waals surface area contributed by atoms with Crippen molar-refractivity contribution in [3.63, 3.8) is 0 Å². The Morgan fingerprint density at radius 3 is 2.26 bits per heavy atom. The highest BCUT2D eigenvalue weighted by Crippen LogP contribution is 2.21. The smallest absolute Gasteiger partial charge is 0.243 e. The van der Waals surface area contributed by atoms with E-state index in [9.17, 15) is 22.0 Å². The molecule has 0 bridgehead atoms. The summed E-state index contributed by atoms with van der Waals surface area (Å²) in [6, 6.07) is 15.2. The Labute approximate surface area is 184 Å². The maximum absolute atomic E-state index is 13.3. The fourth-order valence-electron chi connectivity index (χ4n) is 2.81. The SMILES string of the molecule is Cc1ccc(S(=O)(=O)N(CC(=O)Nc2ccc(F)c(Cl)c2)Cc2ccc(F)cc2)cc1. The average molecular weight is 465 g/mol. The van der Waals surface area contributed by atoms with Gasteiger partial charge >= 0.3 is 0 Å². The highest BCUT2D eigenvalue weighted by Gasteiger charge is 2.27. The second-order valence-corrected chi connectivity index (χ2v) is 9.23. The first-order chi connectivity index (χ1) is 14.6. The van der Waals surface area contributed by atoms with Crippen molar-refractivity contribution in [3.05, 3.63) is 94.5 Å². The number of halogens is 3. The van der Waals surface area contributed by atoms with Crippen LogP contribution in [-0.2, 0) is 21.4 Å². The van der Waals surface area contributed by atoms with Crippen molar-refractivity contribution in [3.8, 4) is 0 Å². The van der Waals surface area contributed by atoms with Crippen LogP contribution in [0.5, 0.6) is 0 Å². The molecule has 0 aliphatic heterocycles. The Morgan fingerprint density at radius 2 is 1.65 bits per heavy atom. The van der Waals surface area contributed by atoms with E-state index in [-0.39, 0.29) is 22.2 Å². The quantitative estimate of drug-likeness (QED) is 0.548. The lowest BCUT2D eigenvalue weighted by Gasteiger charge is -2.22. The van der Waals surface area contributed by atoms with Gasteiger partial charge in [0.1, 0.15) is 11.6 Å². The number of rotatable bonds is 7. The van der Waals surface area contributed by atoms with Crippen LogP contribution in [0.25, 0.3) is 0 Å². The molecule has 0 radical (unpaired) electrons. The van der Waals surface area contributed by atoms with Gasteiger partial charge in [-0.25, -0.2) is 17.2 Å². The molecule has 0 saturated carbocycles. The van der Waals surface area contributed by atoms with Crippen LogP contribution in [0.1, 0.15) is 11.1 Å². The van der Waals surface area contributed by atoms with Crippen LogP contribution in [0.2, 0.25) is 5.02 Å². The molecule has 9 heteroatoms.